The van der Waals surface area contributed by atoms with E-state index in [4.69, 9.17) is 23.2 Å². The molecule has 1 N–H and O–H groups in total. The Hall–Kier alpha value is -1.67. The van der Waals surface area contributed by atoms with Gasteiger partial charge in [0.2, 0.25) is 0 Å². The molecule has 1 fully saturated rings. The molecule has 0 bridgehead atoms. The van der Waals surface area contributed by atoms with E-state index in [1.807, 2.05) is 32.8 Å². The fourth-order valence-corrected chi connectivity index (χ4v) is 6.98. The lowest BCUT2D eigenvalue weighted by atomic mass is 9.99. The number of hydrogen-bond acceptors (Lipinski definition) is 5. The third-order valence-electron chi connectivity index (χ3n) is 6.12. The van der Waals surface area contributed by atoms with Crippen LogP contribution in [0.5, 0.6) is 5.75 Å². The monoisotopic (exact) mass is 513 g/mol. The zero-order chi connectivity index (χ0) is 24.5. The van der Waals surface area contributed by atoms with E-state index in [-0.39, 0.29) is 21.5 Å². The van der Waals surface area contributed by atoms with Crippen LogP contribution in [0.4, 0.5) is 11.4 Å². The molecule has 0 aromatic heterocycles. The molecule has 0 spiro atoms. The highest BCUT2D eigenvalue weighted by atomic mass is 35.5. The SMILES string of the molecule is Cc1cc(C)c(N(CCN(C)C)S(=O)(=O)c2cc(Cl)cc(Cl)c2O)c(C)c1N1CCCCC1. The van der Waals surface area contributed by atoms with Crippen molar-refractivity contribution >= 4 is 44.6 Å². The van der Waals surface area contributed by atoms with Gasteiger partial charge in [-0.2, -0.15) is 0 Å². The predicted octanol–water partition coefficient (Wildman–Crippen LogP) is 5.37. The van der Waals surface area contributed by atoms with Gasteiger partial charge in [-0.3, -0.25) is 4.31 Å². The number of benzene rings is 2. The molecule has 0 unspecified atom stereocenters. The fourth-order valence-electron chi connectivity index (χ4n) is 4.65. The maximum atomic E-state index is 14.0. The minimum absolute atomic E-state index is 0.0972. The van der Waals surface area contributed by atoms with E-state index in [1.54, 1.807) is 0 Å². The number of hydrogen-bond donors (Lipinski definition) is 1. The maximum absolute atomic E-state index is 14.0. The Balaban J connectivity index is 2.23. The summed E-state index contributed by atoms with van der Waals surface area (Å²) in [4.78, 5) is 4.00. The summed E-state index contributed by atoms with van der Waals surface area (Å²) in [5.74, 6) is -0.491. The minimum Gasteiger partial charge on any atom is -0.505 e. The summed E-state index contributed by atoms with van der Waals surface area (Å²) < 4.78 is 29.3. The molecule has 33 heavy (non-hydrogen) atoms. The molecule has 1 heterocycles. The Kier molecular flexibility index (Phi) is 8.10. The van der Waals surface area contributed by atoms with Crippen molar-refractivity contribution < 1.29 is 13.5 Å². The molecule has 0 saturated carbocycles. The number of phenols is 1. The Bertz CT molecular complexity index is 1130. The number of phenolic OH excluding ortho intramolecular Hbond substituents is 1. The first-order valence-corrected chi connectivity index (χ1v) is 13.4. The van der Waals surface area contributed by atoms with Crippen LogP contribution in [0.3, 0.4) is 0 Å². The van der Waals surface area contributed by atoms with Crippen LogP contribution >= 0.6 is 23.2 Å². The molecule has 0 radical (unpaired) electrons. The molecule has 182 valence electrons. The van der Waals surface area contributed by atoms with E-state index >= 15 is 0 Å². The molecule has 1 aliphatic rings. The highest BCUT2D eigenvalue weighted by Gasteiger charge is 2.32. The van der Waals surface area contributed by atoms with Gasteiger partial charge in [0.1, 0.15) is 4.90 Å². The van der Waals surface area contributed by atoms with Gasteiger partial charge < -0.3 is 14.9 Å². The topological polar surface area (TPSA) is 64.1 Å². The Morgan fingerprint density at radius 2 is 1.61 bits per heavy atom. The van der Waals surface area contributed by atoms with E-state index in [2.05, 4.69) is 17.9 Å². The molecule has 1 aliphatic heterocycles. The first-order chi connectivity index (χ1) is 15.4. The quantitative estimate of drug-likeness (QED) is 0.538. The molecule has 9 heteroatoms. The van der Waals surface area contributed by atoms with Crippen LogP contribution in [0.1, 0.15) is 36.0 Å². The highest BCUT2D eigenvalue weighted by molar-refractivity contribution is 7.93. The molecular weight excluding hydrogens is 481 g/mol. The first kappa shape index (κ1) is 25.9. The molecule has 0 aliphatic carbocycles. The van der Waals surface area contributed by atoms with Crippen LogP contribution in [0.15, 0.2) is 23.1 Å². The van der Waals surface area contributed by atoms with Gasteiger partial charge >= 0.3 is 0 Å². The summed E-state index contributed by atoms with van der Waals surface area (Å²) in [7, 11) is -0.371. The molecule has 0 amide bonds. The van der Waals surface area contributed by atoms with Gasteiger partial charge in [0.15, 0.2) is 5.75 Å². The Morgan fingerprint density at radius 1 is 0.970 bits per heavy atom. The third kappa shape index (κ3) is 5.37. The standard InChI is InChI=1S/C24H33Cl2N3O3S/c1-16-13-17(2)23(18(3)22(16)28-9-7-6-8-10-28)29(12-11-27(4)5)33(31,32)21-15-19(25)14-20(26)24(21)30/h13-15,30H,6-12H2,1-5H3. The largest absolute Gasteiger partial charge is 0.505 e. The van der Waals surface area contributed by atoms with Crippen LogP contribution in [0, 0.1) is 20.8 Å². The molecule has 3 rings (SSSR count). The lowest BCUT2D eigenvalue weighted by Crippen LogP contribution is -2.38. The molecule has 1 saturated heterocycles. The molecular formula is C24H33Cl2N3O3S. The zero-order valence-corrected chi connectivity index (χ0v) is 22.3. The van der Waals surface area contributed by atoms with Crippen molar-refractivity contribution in [3.63, 3.8) is 0 Å². The average molecular weight is 515 g/mol. The van der Waals surface area contributed by atoms with E-state index in [1.165, 1.54) is 22.9 Å². The number of piperidine rings is 1. The van der Waals surface area contributed by atoms with Gasteiger partial charge in [-0.1, -0.05) is 29.3 Å². The summed E-state index contributed by atoms with van der Waals surface area (Å²) in [6.07, 6.45) is 3.46. The number of nitrogens with zero attached hydrogens (tertiary/aromatic N) is 3. The molecule has 2 aromatic rings. The number of aryl methyl sites for hydroxylation is 2. The smallest absolute Gasteiger partial charge is 0.268 e. The maximum Gasteiger partial charge on any atom is 0.268 e. The average Bonchev–Trinajstić information content (AvgIpc) is 2.73. The predicted molar refractivity (Wildman–Crippen MR) is 138 cm³/mol. The van der Waals surface area contributed by atoms with Crippen molar-refractivity contribution in [2.45, 2.75) is 44.9 Å². The fraction of sp³-hybridized carbons (Fsp3) is 0.500. The normalized spacial score (nSPS) is 14.7. The second-order valence-corrected chi connectivity index (χ2v) is 11.7. The molecule has 0 atom stereocenters. The lowest BCUT2D eigenvalue weighted by Gasteiger charge is -2.35. The van der Waals surface area contributed by atoms with Crippen LogP contribution in [-0.4, -0.2) is 58.7 Å². The summed E-state index contributed by atoms with van der Waals surface area (Å²) in [5, 5.41) is 10.6. The third-order valence-corrected chi connectivity index (χ3v) is 8.44. The van der Waals surface area contributed by atoms with Crippen LogP contribution in [0.25, 0.3) is 0 Å². The minimum atomic E-state index is -4.16. The van der Waals surface area contributed by atoms with Crippen molar-refractivity contribution in [2.75, 3.05) is 49.5 Å². The second-order valence-electron chi connectivity index (χ2n) is 9.00. The number of likely N-dealkylation sites (N-methyl/N-ethyl adjacent to an activating group) is 1. The number of rotatable bonds is 7. The lowest BCUT2D eigenvalue weighted by molar-refractivity contribution is 0.419. The summed E-state index contributed by atoms with van der Waals surface area (Å²) in [5.41, 5.74) is 4.64. The van der Waals surface area contributed by atoms with Crippen molar-refractivity contribution in [1.82, 2.24) is 4.90 Å². The van der Waals surface area contributed by atoms with E-state index in [0.29, 0.717) is 12.2 Å². The summed E-state index contributed by atoms with van der Waals surface area (Å²) in [6, 6.07) is 4.64. The van der Waals surface area contributed by atoms with E-state index < -0.39 is 15.8 Å². The highest BCUT2D eigenvalue weighted by Crippen LogP contribution is 2.42. The Morgan fingerprint density at radius 3 is 2.21 bits per heavy atom. The van der Waals surface area contributed by atoms with Crippen molar-refractivity contribution in [2.24, 2.45) is 0 Å². The van der Waals surface area contributed by atoms with Gasteiger partial charge in [-0.25, -0.2) is 8.42 Å². The molecule has 2 aromatic carbocycles. The van der Waals surface area contributed by atoms with E-state index in [0.717, 1.165) is 48.3 Å². The van der Waals surface area contributed by atoms with Gasteiger partial charge in [0.25, 0.3) is 10.0 Å². The van der Waals surface area contributed by atoms with Gasteiger partial charge in [-0.15, -0.1) is 0 Å². The zero-order valence-electron chi connectivity index (χ0n) is 20.0. The van der Waals surface area contributed by atoms with Crippen LogP contribution in [-0.2, 0) is 10.0 Å². The Labute approximate surface area is 207 Å². The number of anilines is 2. The van der Waals surface area contributed by atoms with Crippen molar-refractivity contribution in [3.8, 4) is 5.75 Å². The van der Waals surface area contributed by atoms with Gasteiger partial charge in [-0.05, 0) is 83.0 Å². The number of aromatic hydroxyl groups is 1. The second kappa shape index (κ2) is 10.3. The van der Waals surface area contributed by atoms with Gasteiger partial charge in [0.05, 0.1) is 10.7 Å². The number of halogens is 2. The van der Waals surface area contributed by atoms with Gasteiger partial charge in [0, 0.05) is 36.9 Å². The van der Waals surface area contributed by atoms with Crippen molar-refractivity contribution in [1.29, 1.82) is 0 Å². The van der Waals surface area contributed by atoms with Crippen molar-refractivity contribution in [3.05, 3.63) is 44.9 Å². The molecule has 6 nitrogen and oxygen atoms in total. The summed E-state index contributed by atoms with van der Waals surface area (Å²) >= 11 is 12.2. The first-order valence-electron chi connectivity index (χ1n) is 11.2. The summed E-state index contributed by atoms with van der Waals surface area (Å²) in [6.45, 7) is 8.62. The number of sulfonamides is 1. The van der Waals surface area contributed by atoms with Crippen LogP contribution < -0.4 is 9.21 Å². The van der Waals surface area contributed by atoms with E-state index in [9.17, 15) is 13.5 Å². The van der Waals surface area contributed by atoms with Crippen LogP contribution in [0.2, 0.25) is 10.0 Å².